The molecule has 2 unspecified atom stereocenters. The molecular weight excluding hydrogens is 228 g/mol. The van der Waals surface area contributed by atoms with Crippen LogP contribution in [0.25, 0.3) is 0 Å². The van der Waals surface area contributed by atoms with E-state index in [-0.39, 0.29) is 0 Å². The van der Waals surface area contributed by atoms with E-state index >= 15 is 0 Å². The molecule has 1 aromatic heterocycles. The third-order valence-electron chi connectivity index (χ3n) is 2.42. The fraction of sp³-hybridized carbons (Fsp3) is 0.545. The smallest absolute Gasteiger partial charge is 0.122 e. The third kappa shape index (κ3) is 3.42. The Balaban J connectivity index is 2.75. The zero-order valence-corrected chi connectivity index (χ0v) is 10.2. The molecule has 0 aliphatic rings. The minimum atomic E-state index is -0.967. The molecule has 0 saturated carbocycles. The van der Waals surface area contributed by atoms with Crippen molar-refractivity contribution in [3.63, 3.8) is 0 Å². The van der Waals surface area contributed by atoms with Gasteiger partial charge in [-0.2, -0.15) is 0 Å². The fourth-order valence-corrected chi connectivity index (χ4v) is 1.71. The first kappa shape index (κ1) is 13.4. The molecule has 16 heavy (non-hydrogen) atoms. The molecule has 0 radical (unpaired) electrons. The van der Waals surface area contributed by atoms with E-state index in [0.29, 0.717) is 23.7 Å². The number of nitrogens with zero attached hydrogens (tertiary/aromatic N) is 1. The number of aromatic nitrogens is 1. The molecule has 0 bridgehead atoms. The highest BCUT2D eigenvalue weighted by Crippen LogP contribution is 2.22. The maximum absolute atomic E-state index is 9.90. The summed E-state index contributed by atoms with van der Waals surface area (Å²) in [7, 11) is 1.80. The first-order chi connectivity index (χ1) is 7.56. The van der Waals surface area contributed by atoms with Crippen LogP contribution in [0.4, 0.5) is 0 Å². The lowest BCUT2D eigenvalue weighted by Gasteiger charge is -2.18. The molecule has 2 atom stereocenters. The van der Waals surface area contributed by atoms with Gasteiger partial charge in [0.25, 0.3) is 0 Å². The maximum Gasteiger partial charge on any atom is 0.122 e. The van der Waals surface area contributed by atoms with Crippen LogP contribution in [0.15, 0.2) is 12.3 Å². The molecule has 0 aliphatic heterocycles. The number of aryl methyl sites for hydroxylation is 1. The van der Waals surface area contributed by atoms with E-state index in [1.165, 1.54) is 6.20 Å². The quantitative estimate of drug-likeness (QED) is 0.724. The number of aliphatic hydroxyl groups excluding tert-OH is 2. The molecule has 90 valence electrons. The highest BCUT2D eigenvalue weighted by atomic mass is 35.5. The lowest BCUT2D eigenvalue weighted by atomic mass is 10.0. The second kappa shape index (κ2) is 6.15. The predicted molar refractivity (Wildman–Crippen MR) is 63.5 cm³/mol. The summed E-state index contributed by atoms with van der Waals surface area (Å²) in [6, 6.07) is 1.72. The molecule has 1 heterocycles. The van der Waals surface area contributed by atoms with E-state index in [1.807, 2.05) is 6.92 Å². The summed E-state index contributed by atoms with van der Waals surface area (Å²) in [6.45, 7) is 2.45. The Morgan fingerprint density at radius 3 is 2.75 bits per heavy atom. The predicted octanol–water partition coefficient (Wildman–Crippen LogP) is 1.05. The van der Waals surface area contributed by atoms with Crippen LogP contribution < -0.4 is 5.32 Å². The lowest BCUT2D eigenvalue weighted by Crippen LogP contribution is -2.24. The highest BCUT2D eigenvalue weighted by Gasteiger charge is 2.20. The Morgan fingerprint density at radius 1 is 1.50 bits per heavy atom. The molecule has 0 aromatic carbocycles. The van der Waals surface area contributed by atoms with Crippen LogP contribution in [0, 0.1) is 6.92 Å². The second-order valence-corrected chi connectivity index (χ2v) is 4.20. The topological polar surface area (TPSA) is 65.4 Å². The standard InChI is InChI=1S/C11H17ClN2O2/c1-7-5-8(12)6-14-10(7)11(16)9(15)3-4-13-2/h5-6,9,11,13,15-16H,3-4H2,1-2H3. The van der Waals surface area contributed by atoms with Crippen molar-refractivity contribution in [3.05, 3.63) is 28.5 Å². The molecule has 0 aliphatic carbocycles. The van der Waals surface area contributed by atoms with Crippen LogP contribution in [0.1, 0.15) is 23.8 Å². The summed E-state index contributed by atoms with van der Waals surface area (Å²) in [5, 5.41) is 23.1. The molecule has 3 N–H and O–H groups in total. The van der Waals surface area contributed by atoms with Gasteiger partial charge in [0.05, 0.1) is 16.8 Å². The molecule has 4 nitrogen and oxygen atoms in total. The first-order valence-corrected chi connectivity index (χ1v) is 5.56. The van der Waals surface area contributed by atoms with Crippen LogP contribution in [-0.4, -0.2) is 34.9 Å². The number of hydrogen-bond donors (Lipinski definition) is 3. The van der Waals surface area contributed by atoms with Gasteiger partial charge >= 0.3 is 0 Å². The molecule has 1 rings (SSSR count). The van der Waals surface area contributed by atoms with Crippen molar-refractivity contribution in [2.45, 2.75) is 25.6 Å². The summed E-state index contributed by atoms with van der Waals surface area (Å²) >= 11 is 5.77. The lowest BCUT2D eigenvalue weighted by molar-refractivity contribution is 0.0111. The van der Waals surface area contributed by atoms with Crippen molar-refractivity contribution < 1.29 is 10.2 Å². The number of rotatable bonds is 5. The van der Waals surface area contributed by atoms with Crippen LogP contribution in [0.2, 0.25) is 5.02 Å². The number of aliphatic hydroxyl groups is 2. The van der Waals surface area contributed by atoms with Crippen molar-refractivity contribution in [1.82, 2.24) is 10.3 Å². The van der Waals surface area contributed by atoms with E-state index in [1.54, 1.807) is 13.1 Å². The number of halogens is 1. The van der Waals surface area contributed by atoms with Crippen molar-refractivity contribution in [2.24, 2.45) is 0 Å². The summed E-state index contributed by atoms with van der Waals surface area (Å²) < 4.78 is 0. The normalized spacial score (nSPS) is 14.8. The molecule has 5 heteroatoms. The third-order valence-corrected chi connectivity index (χ3v) is 2.63. The average molecular weight is 245 g/mol. The zero-order chi connectivity index (χ0) is 12.1. The largest absolute Gasteiger partial charge is 0.390 e. The Hall–Kier alpha value is -0.680. The van der Waals surface area contributed by atoms with Gasteiger partial charge in [0.15, 0.2) is 0 Å². The minimum absolute atomic E-state index is 0.474. The van der Waals surface area contributed by atoms with E-state index in [9.17, 15) is 10.2 Å². The Morgan fingerprint density at radius 2 is 2.19 bits per heavy atom. The Bertz CT molecular complexity index is 347. The number of pyridine rings is 1. The van der Waals surface area contributed by atoms with Gasteiger partial charge in [0.2, 0.25) is 0 Å². The second-order valence-electron chi connectivity index (χ2n) is 3.76. The maximum atomic E-state index is 9.90. The van der Waals surface area contributed by atoms with Crippen LogP contribution in [0.5, 0.6) is 0 Å². The summed E-state index contributed by atoms with van der Waals surface area (Å²) in [5.74, 6) is 0. The van der Waals surface area contributed by atoms with Gasteiger partial charge in [0, 0.05) is 6.20 Å². The van der Waals surface area contributed by atoms with E-state index < -0.39 is 12.2 Å². The fourth-order valence-electron chi connectivity index (χ4n) is 1.49. The number of hydrogen-bond acceptors (Lipinski definition) is 4. The molecule has 0 saturated heterocycles. The first-order valence-electron chi connectivity index (χ1n) is 5.19. The Labute approximate surface area is 100 Å². The summed E-state index contributed by atoms with van der Waals surface area (Å²) in [4.78, 5) is 4.04. The molecule has 0 spiro atoms. The van der Waals surface area contributed by atoms with E-state index in [4.69, 9.17) is 11.6 Å². The number of nitrogens with one attached hydrogen (secondary N) is 1. The van der Waals surface area contributed by atoms with Crippen molar-refractivity contribution >= 4 is 11.6 Å². The molecule has 0 amide bonds. The van der Waals surface area contributed by atoms with Crippen LogP contribution in [0.3, 0.4) is 0 Å². The van der Waals surface area contributed by atoms with Crippen molar-refractivity contribution in [1.29, 1.82) is 0 Å². The van der Waals surface area contributed by atoms with Gasteiger partial charge in [-0.25, -0.2) is 0 Å². The van der Waals surface area contributed by atoms with Crippen molar-refractivity contribution in [2.75, 3.05) is 13.6 Å². The SMILES string of the molecule is CNCCC(O)C(O)c1ncc(Cl)cc1C. The van der Waals surface area contributed by atoms with Gasteiger partial charge in [-0.15, -0.1) is 0 Å². The van der Waals surface area contributed by atoms with Gasteiger partial charge in [-0.1, -0.05) is 11.6 Å². The highest BCUT2D eigenvalue weighted by molar-refractivity contribution is 6.30. The van der Waals surface area contributed by atoms with E-state index in [0.717, 1.165) is 5.56 Å². The van der Waals surface area contributed by atoms with Crippen LogP contribution in [-0.2, 0) is 0 Å². The minimum Gasteiger partial charge on any atom is -0.390 e. The average Bonchev–Trinajstić information content (AvgIpc) is 2.25. The Kier molecular flexibility index (Phi) is 5.15. The van der Waals surface area contributed by atoms with E-state index in [2.05, 4.69) is 10.3 Å². The van der Waals surface area contributed by atoms with Gasteiger partial charge in [-0.3, -0.25) is 4.98 Å². The van der Waals surface area contributed by atoms with Gasteiger partial charge in [0.1, 0.15) is 6.10 Å². The molecule has 1 aromatic rings. The molecule has 0 fully saturated rings. The molecular formula is C11H17ClN2O2. The summed E-state index contributed by atoms with van der Waals surface area (Å²) in [6.07, 6.45) is 0.157. The van der Waals surface area contributed by atoms with Gasteiger partial charge in [-0.05, 0) is 38.6 Å². The monoisotopic (exact) mass is 244 g/mol. The van der Waals surface area contributed by atoms with Gasteiger partial charge < -0.3 is 15.5 Å². The van der Waals surface area contributed by atoms with Crippen LogP contribution >= 0.6 is 11.6 Å². The zero-order valence-electron chi connectivity index (χ0n) is 9.44. The van der Waals surface area contributed by atoms with Crippen molar-refractivity contribution in [3.8, 4) is 0 Å². The summed E-state index contributed by atoms with van der Waals surface area (Å²) in [5.41, 5.74) is 1.26.